The van der Waals surface area contributed by atoms with E-state index in [-0.39, 0.29) is 0 Å². The van der Waals surface area contributed by atoms with Crippen LogP contribution >= 0.6 is 0 Å². The van der Waals surface area contributed by atoms with Crippen LogP contribution in [-0.2, 0) is 0 Å². The highest BCUT2D eigenvalue weighted by Gasteiger charge is 2.08. The molecule has 0 amide bonds. The molecule has 2 rings (SSSR count). The normalized spacial score (nSPS) is 10.6. The maximum Gasteiger partial charge on any atom is 0.140 e. The van der Waals surface area contributed by atoms with Crippen LogP contribution in [0.5, 0.6) is 0 Å². The van der Waals surface area contributed by atoms with Gasteiger partial charge in [-0.3, -0.25) is 0 Å². The van der Waals surface area contributed by atoms with Crippen molar-refractivity contribution in [2.24, 2.45) is 0 Å². The molecule has 0 aliphatic heterocycles. The van der Waals surface area contributed by atoms with Crippen LogP contribution in [0.2, 0.25) is 0 Å². The molecule has 0 aliphatic carbocycles. The molecule has 5 nitrogen and oxygen atoms in total. The van der Waals surface area contributed by atoms with Gasteiger partial charge >= 0.3 is 0 Å². The predicted molar refractivity (Wildman–Crippen MR) is 49.0 cm³/mol. The van der Waals surface area contributed by atoms with Gasteiger partial charge in [0.2, 0.25) is 0 Å². The topological polar surface area (TPSA) is 54.2 Å². The molecule has 1 aromatic carbocycles. The van der Waals surface area contributed by atoms with Crippen LogP contribution in [0.15, 0.2) is 18.2 Å². The Labute approximate surface area is 75.1 Å². The third-order valence-corrected chi connectivity index (χ3v) is 1.92. The molecule has 0 unspecified atom stereocenters. The molecule has 13 heavy (non-hydrogen) atoms. The summed E-state index contributed by atoms with van der Waals surface area (Å²) in [5.41, 5.74) is 2.26. The first-order valence-electron chi connectivity index (χ1n) is 3.91. The summed E-state index contributed by atoms with van der Waals surface area (Å²) in [6.45, 7) is 0. The van der Waals surface area contributed by atoms with E-state index in [1.807, 2.05) is 31.1 Å². The smallest absolute Gasteiger partial charge is 0.140 e. The van der Waals surface area contributed by atoms with Gasteiger partial charge in [-0.1, -0.05) is 10.9 Å². The van der Waals surface area contributed by atoms with Crippen molar-refractivity contribution in [1.82, 2.24) is 15.2 Å². The Bertz CT molecular complexity index is 435. The molecule has 2 aromatic rings. The fourth-order valence-electron chi connectivity index (χ4n) is 1.28. The maximum atomic E-state index is 9.24. The average Bonchev–Trinajstić information content (AvgIpc) is 2.48. The van der Waals surface area contributed by atoms with Crippen molar-refractivity contribution in [2.45, 2.75) is 0 Å². The Balaban J connectivity index is 2.77. The number of nitrogens with zero attached hydrogens (tertiary/aromatic N) is 4. The highest BCUT2D eigenvalue weighted by molar-refractivity contribution is 5.87. The van der Waals surface area contributed by atoms with Gasteiger partial charge in [0.15, 0.2) is 0 Å². The monoisotopic (exact) mass is 178 g/mol. The first kappa shape index (κ1) is 7.85. The highest BCUT2D eigenvalue weighted by atomic mass is 16.5. The van der Waals surface area contributed by atoms with Crippen molar-refractivity contribution < 1.29 is 5.21 Å². The van der Waals surface area contributed by atoms with Gasteiger partial charge in [-0.05, 0) is 17.3 Å². The fourth-order valence-corrected chi connectivity index (χ4v) is 1.28. The molecule has 0 fully saturated rings. The lowest BCUT2D eigenvalue weighted by Crippen LogP contribution is -2.08. The minimum Gasteiger partial charge on any atom is -0.410 e. The zero-order chi connectivity index (χ0) is 9.42. The molecule has 1 N–H and O–H groups in total. The molecule has 68 valence electrons. The van der Waals surface area contributed by atoms with Crippen LogP contribution < -0.4 is 4.90 Å². The van der Waals surface area contributed by atoms with Crippen LogP contribution in [0.3, 0.4) is 0 Å². The standard InChI is InChI=1S/C8H10N4O/c1-11(2)6-4-3-5-7-8(6)9-10-12(7)13/h3-5,13H,1-2H3. The molecule has 1 heterocycles. The predicted octanol–water partition coefficient (Wildman–Crippen LogP) is 0.735. The van der Waals surface area contributed by atoms with E-state index in [1.165, 1.54) is 0 Å². The molecule has 0 saturated carbocycles. The van der Waals surface area contributed by atoms with E-state index in [2.05, 4.69) is 10.3 Å². The summed E-state index contributed by atoms with van der Waals surface area (Å²) >= 11 is 0. The molecule has 5 heteroatoms. The molecule has 0 saturated heterocycles. The Hall–Kier alpha value is -1.78. The van der Waals surface area contributed by atoms with Gasteiger partial charge in [-0.15, -0.1) is 5.10 Å². The summed E-state index contributed by atoms with van der Waals surface area (Å²) in [6.07, 6.45) is 0. The van der Waals surface area contributed by atoms with E-state index in [1.54, 1.807) is 6.07 Å². The Morgan fingerprint density at radius 3 is 2.85 bits per heavy atom. The molecule has 0 radical (unpaired) electrons. The average molecular weight is 178 g/mol. The largest absolute Gasteiger partial charge is 0.410 e. The first-order chi connectivity index (χ1) is 6.20. The van der Waals surface area contributed by atoms with Crippen LogP contribution in [0.4, 0.5) is 5.69 Å². The number of hydrogen-bond acceptors (Lipinski definition) is 4. The summed E-state index contributed by atoms with van der Waals surface area (Å²) < 4.78 is 0. The van der Waals surface area contributed by atoms with Crippen molar-refractivity contribution >= 4 is 16.7 Å². The fraction of sp³-hybridized carbons (Fsp3) is 0.250. The lowest BCUT2D eigenvalue weighted by Gasteiger charge is -2.11. The molecule has 0 aliphatic rings. The lowest BCUT2D eigenvalue weighted by atomic mass is 10.2. The van der Waals surface area contributed by atoms with E-state index >= 15 is 0 Å². The molecule has 0 bridgehead atoms. The maximum absolute atomic E-state index is 9.24. The van der Waals surface area contributed by atoms with Crippen LogP contribution in [0.1, 0.15) is 0 Å². The zero-order valence-corrected chi connectivity index (χ0v) is 7.47. The van der Waals surface area contributed by atoms with Crippen LogP contribution in [0.25, 0.3) is 11.0 Å². The number of rotatable bonds is 1. The van der Waals surface area contributed by atoms with E-state index in [9.17, 15) is 5.21 Å². The number of anilines is 1. The second kappa shape index (κ2) is 2.62. The van der Waals surface area contributed by atoms with Crippen molar-refractivity contribution in [1.29, 1.82) is 0 Å². The lowest BCUT2D eigenvalue weighted by molar-refractivity contribution is 0.155. The minimum absolute atomic E-state index is 0.617. The minimum atomic E-state index is 0.617. The molecule has 0 spiro atoms. The summed E-state index contributed by atoms with van der Waals surface area (Å²) in [6, 6.07) is 5.55. The van der Waals surface area contributed by atoms with Gasteiger partial charge < -0.3 is 10.1 Å². The third-order valence-electron chi connectivity index (χ3n) is 1.92. The first-order valence-corrected chi connectivity index (χ1v) is 3.91. The van der Waals surface area contributed by atoms with E-state index < -0.39 is 0 Å². The number of aromatic nitrogens is 3. The summed E-state index contributed by atoms with van der Waals surface area (Å²) in [7, 11) is 3.84. The van der Waals surface area contributed by atoms with Crippen molar-refractivity contribution in [3.8, 4) is 0 Å². The molecule has 0 atom stereocenters. The van der Waals surface area contributed by atoms with Crippen molar-refractivity contribution in [2.75, 3.05) is 19.0 Å². The molecular weight excluding hydrogens is 168 g/mol. The van der Waals surface area contributed by atoms with Crippen LogP contribution in [-0.4, -0.2) is 34.5 Å². The van der Waals surface area contributed by atoms with Gasteiger partial charge in [0.1, 0.15) is 11.0 Å². The Morgan fingerprint density at radius 1 is 1.38 bits per heavy atom. The number of benzene rings is 1. The van der Waals surface area contributed by atoms with Gasteiger partial charge in [0, 0.05) is 14.1 Å². The van der Waals surface area contributed by atoms with Gasteiger partial charge in [0.05, 0.1) is 5.69 Å². The van der Waals surface area contributed by atoms with Gasteiger partial charge in [-0.2, -0.15) is 0 Å². The number of hydrogen-bond donors (Lipinski definition) is 1. The Kier molecular flexibility index (Phi) is 1.58. The van der Waals surface area contributed by atoms with E-state index in [4.69, 9.17) is 0 Å². The summed E-state index contributed by atoms with van der Waals surface area (Å²) in [4.78, 5) is 2.71. The van der Waals surface area contributed by atoms with E-state index in [0.29, 0.717) is 11.0 Å². The van der Waals surface area contributed by atoms with E-state index in [0.717, 1.165) is 10.5 Å². The Morgan fingerprint density at radius 2 is 2.15 bits per heavy atom. The molecule has 1 aromatic heterocycles. The SMILES string of the molecule is CN(C)c1cccc2c1nnn2O. The van der Waals surface area contributed by atoms with Gasteiger partial charge in [0.25, 0.3) is 0 Å². The van der Waals surface area contributed by atoms with Crippen molar-refractivity contribution in [3.63, 3.8) is 0 Å². The number of fused-ring (bicyclic) bond motifs is 1. The summed E-state index contributed by atoms with van der Waals surface area (Å²) in [5, 5.41) is 16.6. The van der Waals surface area contributed by atoms with Crippen LogP contribution in [0, 0.1) is 0 Å². The van der Waals surface area contributed by atoms with Gasteiger partial charge in [-0.25, -0.2) is 0 Å². The quantitative estimate of drug-likeness (QED) is 0.654. The molecular formula is C8H10N4O. The second-order valence-electron chi connectivity index (χ2n) is 3.02. The second-order valence-corrected chi connectivity index (χ2v) is 3.02. The third kappa shape index (κ3) is 1.09. The van der Waals surface area contributed by atoms with Crippen molar-refractivity contribution in [3.05, 3.63) is 18.2 Å². The highest BCUT2D eigenvalue weighted by Crippen LogP contribution is 2.21. The summed E-state index contributed by atoms with van der Waals surface area (Å²) in [5.74, 6) is 0. The zero-order valence-electron chi connectivity index (χ0n) is 7.47.